The molecule has 0 saturated heterocycles. The van der Waals surface area contributed by atoms with Crippen LogP contribution in [0.1, 0.15) is 20.8 Å². The lowest BCUT2D eigenvalue weighted by atomic mass is 10.1. The van der Waals surface area contributed by atoms with Gasteiger partial charge < -0.3 is 5.73 Å². The molecule has 0 bridgehead atoms. The molecule has 0 amide bonds. The van der Waals surface area contributed by atoms with E-state index in [0.29, 0.717) is 5.02 Å². The largest absolute Gasteiger partial charge is 0.397 e. The Morgan fingerprint density at radius 1 is 1.28 bits per heavy atom. The van der Waals surface area contributed by atoms with Gasteiger partial charge in [-0.1, -0.05) is 25.4 Å². The first kappa shape index (κ1) is 15.3. The van der Waals surface area contributed by atoms with Crippen molar-refractivity contribution < 1.29 is 8.42 Å². The summed E-state index contributed by atoms with van der Waals surface area (Å²) in [5.74, 6) is 0.231. The van der Waals surface area contributed by atoms with Crippen LogP contribution in [0.2, 0.25) is 5.02 Å². The zero-order valence-electron chi connectivity index (χ0n) is 11.0. The van der Waals surface area contributed by atoms with Gasteiger partial charge in [0.15, 0.2) is 0 Å². The summed E-state index contributed by atoms with van der Waals surface area (Å²) in [6.07, 6.45) is 0. The van der Waals surface area contributed by atoms with Crippen molar-refractivity contribution in [2.75, 3.05) is 12.8 Å². The summed E-state index contributed by atoms with van der Waals surface area (Å²) in [6.45, 7) is 5.83. The van der Waals surface area contributed by atoms with E-state index in [2.05, 4.69) is 0 Å². The van der Waals surface area contributed by atoms with Gasteiger partial charge in [-0.3, -0.25) is 0 Å². The third-order valence-electron chi connectivity index (χ3n) is 3.18. The zero-order valence-corrected chi connectivity index (χ0v) is 12.6. The topological polar surface area (TPSA) is 63.4 Å². The average molecular weight is 291 g/mol. The SMILES string of the molecule is CC(C)C(C)N(C)S(=O)(=O)c1ccc(Cl)c(N)c1. The Bertz CT molecular complexity index is 529. The molecule has 0 radical (unpaired) electrons. The number of hydrogen-bond acceptors (Lipinski definition) is 3. The van der Waals surface area contributed by atoms with E-state index >= 15 is 0 Å². The van der Waals surface area contributed by atoms with Crippen LogP contribution in [0.5, 0.6) is 0 Å². The minimum atomic E-state index is -3.53. The molecule has 0 saturated carbocycles. The number of halogens is 1. The zero-order chi connectivity index (χ0) is 14.1. The number of hydrogen-bond donors (Lipinski definition) is 1. The lowest BCUT2D eigenvalue weighted by Crippen LogP contribution is -2.38. The highest BCUT2D eigenvalue weighted by molar-refractivity contribution is 7.89. The van der Waals surface area contributed by atoms with Crippen LogP contribution in [-0.2, 0) is 10.0 Å². The number of nitrogens with zero attached hydrogens (tertiary/aromatic N) is 1. The molecular weight excluding hydrogens is 272 g/mol. The first-order valence-electron chi connectivity index (χ1n) is 5.71. The number of rotatable bonds is 4. The number of benzene rings is 1. The first-order valence-corrected chi connectivity index (χ1v) is 7.52. The van der Waals surface area contributed by atoms with E-state index in [1.807, 2.05) is 20.8 Å². The number of anilines is 1. The van der Waals surface area contributed by atoms with Gasteiger partial charge in [0.25, 0.3) is 0 Å². The first-order chi connectivity index (χ1) is 8.17. The monoisotopic (exact) mass is 290 g/mol. The fourth-order valence-corrected chi connectivity index (χ4v) is 3.13. The third kappa shape index (κ3) is 2.96. The van der Waals surface area contributed by atoms with Crippen molar-refractivity contribution in [2.45, 2.75) is 31.7 Å². The standard InChI is InChI=1S/C12H19ClN2O2S/c1-8(2)9(3)15(4)18(16,17)10-5-6-11(13)12(14)7-10/h5-9H,14H2,1-4H3. The van der Waals surface area contributed by atoms with E-state index in [-0.39, 0.29) is 22.5 Å². The Kier molecular flexibility index (Phi) is 4.64. The molecule has 1 aromatic carbocycles. The predicted molar refractivity (Wildman–Crippen MR) is 75.1 cm³/mol. The van der Waals surface area contributed by atoms with Gasteiger partial charge in [-0.05, 0) is 31.0 Å². The minimum Gasteiger partial charge on any atom is -0.397 e. The molecule has 1 rings (SSSR count). The molecule has 0 aliphatic carbocycles. The Labute approximate surface area is 114 Å². The second kappa shape index (κ2) is 5.47. The van der Waals surface area contributed by atoms with Crippen molar-refractivity contribution >= 4 is 27.3 Å². The van der Waals surface area contributed by atoms with Gasteiger partial charge in [0.2, 0.25) is 10.0 Å². The summed E-state index contributed by atoms with van der Waals surface area (Å²) in [7, 11) is -1.95. The summed E-state index contributed by atoms with van der Waals surface area (Å²) >= 11 is 5.79. The van der Waals surface area contributed by atoms with Crippen LogP contribution in [0, 0.1) is 5.92 Å². The summed E-state index contributed by atoms with van der Waals surface area (Å²) in [5, 5.41) is 0.355. The number of sulfonamides is 1. The fourth-order valence-electron chi connectivity index (χ4n) is 1.49. The van der Waals surface area contributed by atoms with Crippen LogP contribution in [0.15, 0.2) is 23.1 Å². The van der Waals surface area contributed by atoms with Gasteiger partial charge in [0, 0.05) is 13.1 Å². The van der Waals surface area contributed by atoms with Crippen LogP contribution in [-0.4, -0.2) is 25.8 Å². The molecule has 1 atom stereocenters. The Morgan fingerprint density at radius 2 is 1.83 bits per heavy atom. The quantitative estimate of drug-likeness (QED) is 0.867. The lowest BCUT2D eigenvalue weighted by Gasteiger charge is -2.27. The highest BCUT2D eigenvalue weighted by atomic mass is 35.5. The highest BCUT2D eigenvalue weighted by Gasteiger charge is 2.27. The van der Waals surface area contributed by atoms with E-state index in [1.54, 1.807) is 7.05 Å². The smallest absolute Gasteiger partial charge is 0.243 e. The van der Waals surface area contributed by atoms with Crippen molar-refractivity contribution in [3.05, 3.63) is 23.2 Å². The summed E-state index contributed by atoms with van der Waals surface area (Å²) in [4.78, 5) is 0.166. The van der Waals surface area contributed by atoms with Crippen molar-refractivity contribution in [3.63, 3.8) is 0 Å². The molecule has 1 unspecified atom stereocenters. The Hall–Kier alpha value is -0.780. The second-order valence-corrected chi connectivity index (χ2v) is 7.09. The maximum absolute atomic E-state index is 12.4. The number of nitrogens with two attached hydrogens (primary N) is 1. The van der Waals surface area contributed by atoms with E-state index in [9.17, 15) is 8.42 Å². The molecule has 0 spiro atoms. The third-order valence-corrected chi connectivity index (χ3v) is 5.47. The van der Waals surface area contributed by atoms with Crippen LogP contribution < -0.4 is 5.73 Å². The molecule has 0 heterocycles. The molecule has 6 heteroatoms. The molecule has 18 heavy (non-hydrogen) atoms. The van der Waals surface area contributed by atoms with E-state index < -0.39 is 10.0 Å². The summed E-state index contributed by atoms with van der Waals surface area (Å²) in [5.41, 5.74) is 5.91. The second-order valence-electron chi connectivity index (χ2n) is 4.69. The molecule has 0 aromatic heterocycles. The molecule has 2 N–H and O–H groups in total. The molecule has 102 valence electrons. The number of nitrogen functional groups attached to an aromatic ring is 1. The van der Waals surface area contributed by atoms with Gasteiger partial charge in [0.05, 0.1) is 15.6 Å². The highest BCUT2D eigenvalue weighted by Crippen LogP contribution is 2.25. The minimum absolute atomic E-state index is 0.0908. The predicted octanol–water partition coefficient (Wildman–Crippen LogP) is 2.59. The van der Waals surface area contributed by atoms with Crippen LogP contribution in [0.3, 0.4) is 0 Å². The van der Waals surface area contributed by atoms with Gasteiger partial charge >= 0.3 is 0 Å². The van der Waals surface area contributed by atoms with Crippen molar-refractivity contribution in [1.29, 1.82) is 0 Å². The Balaban J connectivity index is 3.17. The molecule has 0 aliphatic heterocycles. The lowest BCUT2D eigenvalue weighted by molar-refractivity contribution is 0.316. The molecule has 4 nitrogen and oxygen atoms in total. The summed E-state index contributed by atoms with van der Waals surface area (Å²) in [6, 6.07) is 4.27. The fraction of sp³-hybridized carbons (Fsp3) is 0.500. The summed E-state index contributed by atoms with van der Waals surface area (Å²) < 4.78 is 26.1. The van der Waals surface area contributed by atoms with Crippen LogP contribution in [0.25, 0.3) is 0 Å². The van der Waals surface area contributed by atoms with Crippen LogP contribution in [0.4, 0.5) is 5.69 Å². The van der Waals surface area contributed by atoms with E-state index in [4.69, 9.17) is 17.3 Å². The molecular formula is C12H19ClN2O2S. The molecule has 0 fully saturated rings. The maximum Gasteiger partial charge on any atom is 0.243 e. The van der Waals surface area contributed by atoms with Gasteiger partial charge in [-0.25, -0.2) is 8.42 Å². The molecule has 0 aliphatic rings. The van der Waals surface area contributed by atoms with Crippen LogP contribution >= 0.6 is 11.6 Å². The molecule has 1 aromatic rings. The van der Waals surface area contributed by atoms with Gasteiger partial charge in [-0.15, -0.1) is 0 Å². The van der Waals surface area contributed by atoms with E-state index in [0.717, 1.165) is 0 Å². The normalized spacial score (nSPS) is 14.2. The van der Waals surface area contributed by atoms with Crippen molar-refractivity contribution in [1.82, 2.24) is 4.31 Å². The Morgan fingerprint density at radius 3 is 2.28 bits per heavy atom. The van der Waals surface area contributed by atoms with Gasteiger partial charge in [0.1, 0.15) is 0 Å². The van der Waals surface area contributed by atoms with E-state index in [1.165, 1.54) is 22.5 Å². The maximum atomic E-state index is 12.4. The van der Waals surface area contributed by atoms with Gasteiger partial charge in [-0.2, -0.15) is 4.31 Å². The average Bonchev–Trinajstić information content (AvgIpc) is 2.30. The van der Waals surface area contributed by atoms with Crippen molar-refractivity contribution in [2.24, 2.45) is 5.92 Å². The van der Waals surface area contributed by atoms with Crippen molar-refractivity contribution in [3.8, 4) is 0 Å².